The summed E-state index contributed by atoms with van der Waals surface area (Å²) in [5.41, 5.74) is 2.51. The topological polar surface area (TPSA) is 98.1 Å². The Morgan fingerprint density at radius 1 is 0.804 bits per heavy atom. The minimum atomic E-state index is -1.17. The monoisotopic (exact) mass is 624 g/mol. The van der Waals surface area contributed by atoms with E-state index < -0.39 is 5.60 Å². The number of amides is 2. The highest BCUT2D eigenvalue weighted by atomic mass is 19.1. The number of ether oxygens (including phenoxy) is 2. The third-order valence-electron chi connectivity index (χ3n) is 8.93. The van der Waals surface area contributed by atoms with Crippen LogP contribution in [0, 0.1) is 19.7 Å². The van der Waals surface area contributed by atoms with Gasteiger partial charge in [0.2, 0.25) is 0 Å². The average Bonchev–Trinajstić information content (AvgIpc) is 3.26. The molecule has 1 aliphatic carbocycles. The number of imide groups is 1. The number of fused-ring (bicyclic) bond motifs is 1. The van der Waals surface area contributed by atoms with Gasteiger partial charge in [-0.25, -0.2) is 4.39 Å². The highest BCUT2D eigenvalue weighted by Gasteiger charge is 2.41. The van der Waals surface area contributed by atoms with Crippen molar-refractivity contribution in [2.75, 3.05) is 0 Å². The third kappa shape index (κ3) is 5.83. The fraction of sp³-hybridized carbons (Fsp3) is 0.324. The van der Waals surface area contributed by atoms with Gasteiger partial charge in [-0.1, -0.05) is 18.2 Å². The van der Waals surface area contributed by atoms with Crippen LogP contribution in [0.2, 0.25) is 0 Å². The van der Waals surface area contributed by atoms with Crippen LogP contribution in [-0.4, -0.2) is 38.5 Å². The fourth-order valence-electron chi connectivity index (χ4n) is 6.43. The quantitative estimate of drug-likeness (QED) is 0.227. The Kier molecular flexibility index (Phi) is 8.06. The van der Waals surface area contributed by atoms with Gasteiger partial charge in [-0.2, -0.15) is 0 Å². The van der Waals surface area contributed by atoms with Gasteiger partial charge in [-0.3, -0.25) is 19.3 Å². The lowest BCUT2D eigenvalue weighted by atomic mass is 9.91. The predicted octanol–water partition coefficient (Wildman–Crippen LogP) is 6.81. The second kappa shape index (κ2) is 11.9. The van der Waals surface area contributed by atoms with E-state index in [4.69, 9.17) is 9.47 Å². The van der Waals surface area contributed by atoms with Crippen LogP contribution in [0.4, 0.5) is 4.39 Å². The average molecular weight is 625 g/mol. The second-order valence-corrected chi connectivity index (χ2v) is 12.8. The van der Waals surface area contributed by atoms with Gasteiger partial charge in [0.1, 0.15) is 23.1 Å². The summed E-state index contributed by atoms with van der Waals surface area (Å²) in [6.07, 6.45) is 3.72. The molecule has 8 nitrogen and oxygen atoms in total. The summed E-state index contributed by atoms with van der Waals surface area (Å²) in [5, 5.41) is 10.9. The van der Waals surface area contributed by atoms with Gasteiger partial charge >= 0.3 is 0 Å². The summed E-state index contributed by atoms with van der Waals surface area (Å²) >= 11 is 0. The Bertz CT molecular complexity index is 1860. The van der Waals surface area contributed by atoms with Crippen molar-refractivity contribution in [3.63, 3.8) is 0 Å². The molecule has 0 unspecified atom stereocenters. The molecular formula is C37H37FN2O6. The molecule has 1 fully saturated rings. The lowest BCUT2D eigenvalue weighted by molar-refractivity contribution is 0.0478. The predicted molar refractivity (Wildman–Crippen MR) is 172 cm³/mol. The van der Waals surface area contributed by atoms with E-state index in [0.717, 1.165) is 0 Å². The maximum absolute atomic E-state index is 14.1. The largest absolute Gasteiger partial charge is 0.490 e. The fourth-order valence-corrected chi connectivity index (χ4v) is 6.43. The van der Waals surface area contributed by atoms with Crippen molar-refractivity contribution in [3.8, 4) is 28.4 Å². The number of carbonyl (C=O) groups is 2. The minimum Gasteiger partial charge on any atom is -0.490 e. The lowest BCUT2D eigenvalue weighted by Crippen LogP contribution is -2.43. The highest BCUT2D eigenvalue weighted by Crippen LogP contribution is 2.42. The molecule has 0 atom stereocenters. The Labute approximate surface area is 267 Å². The lowest BCUT2D eigenvalue weighted by Gasteiger charge is -2.34. The third-order valence-corrected chi connectivity index (χ3v) is 8.93. The van der Waals surface area contributed by atoms with Crippen LogP contribution in [0.15, 0.2) is 71.7 Å². The number of hydrogen-bond acceptors (Lipinski definition) is 6. The maximum atomic E-state index is 14.1. The number of aryl methyl sites for hydroxylation is 3. The van der Waals surface area contributed by atoms with Crippen LogP contribution in [0.5, 0.6) is 17.2 Å². The molecule has 2 amide bonds. The number of nitrogens with zero attached hydrogens (tertiary/aromatic N) is 2. The number of hydrogen-bond donors (Lipinski definition) is 1. The smallest absolute Gasteiger partial charge is 0.261 e. The zero-order valence-electron chi connectivity index (χ0n) is 26.6. The van der Waals surface area contributed by atoms with Gasteiger partial charge in [-0.05, 0) is 106 Å². The van der Waals surface area contributed by atoms with Crippen LogP contribution in [0.1, 0.15) is 76.9 Å². The van der Waals surface area contributed by atoms with Crippen molar-refractivity contribution in [3.05, 3.63) is 111 Å². The molecule has 46 heavy (non-hydrogen) atoms. The SMILES string of the molecule is Cc1cc(F)cc(C)c1Oc1ccc(C(C)(C)O)cc1-c1cn(C)c(=O)cc1OC1CCC(N2C(=O)c3ccccc3C2=O)CC1. The molecule has 1 aliphatic heterocycles. The molecule has 4 aromatic rings. The number of carbonyl (C=O) groups excluding carboxylic acids is 2. The summed E-state index contributed by atoms with van der Waals surface area (Å²) in [7, 11) is 1.65. The molecule has 2 heterocycles. The minimum absolute atomic E-state index is 0.235. The van der Waals surface area contributed by atoms with Crippen LogP contribution in [0.25, 0.3) is 11.1 Å². The first-order valence-corrected chi connectivity index (χ1v) is 15.5. The number of aliphatic hydroxyl groups is 1. The molecule has 2 aliphatic rings. The highest BCUT2D eigenvalue weighted by molar-refractivity contribution is 6.21. The molecule has 0 saturated heterocycles. The molecule has 238 valence electrons. The molecular weight excluding hydrogens is 587 g/mol. The van der Waals surface area contributed by atoms with Crippen LogP contribution < -0.4 is 15.0 Å². The van der Waals surface area contributed by atoms with E-state index in [0.29, 0.717) is 81.9 Å². The zero-order chi connectivity index (χ0) is 32.9. The number of aromatic nitrogens is 1. The summed E-state index contributed by atoms with van der Waals surface area (Å²) in [6.45, 7) is 6.92. The molecule has 9 heteroatoms. The second-order valence-electron chi connectivity index (χ2n) is 12.8. The summed E-state index contributed by atoms with van der Waals surface area (Å²) in [4.78, 5) is 40.4. The number of benzene rings is 3. The van der Waals surface area contributed by atoms with Crippen LogP contribution >= 0.6 is 0 Å². The van der Waals surface area contributed by atoms with Crippen molar-refractivity contribution < 1.29 is 28.6 Å². The standard InChI is InChI=1S/C37H37FN2O6/c1-21-16-24(38)17-22(2)34(21)46-31-15-10-23(37(3,4)44)18-29(31)30-20-39(5)33(41)19-32(30)45-26-13-11-25(12-14-26)40-35(42)27-8-6-7-9-28(27)36(40)43/h6-10,15-20,25-26,44H,11-14H2,1-5H3. The maximum Gasteiger partial charge on any atom is 0.261 e. The van der Waals surface area contributed by atoms with Gasteiger partial charge in [0.05, 0.1) is 22.8 Å². The molecule has 1 N–H and O–H groups in total. The van der Waals surface area contributed by atoms with Crippen molar-refractivity contribution in [2.24, 2.45) is 7.05 Å². The van der Waals surface area contributed by atoms with Crippen molar-refractivity contribution >= 4 is 11.8 Å². The van der Waals surface area contributed by atoms with Crippen molar-refractivity contribution in [2.45, 2.75) is 71.1 Å². The molecule has 1 saturated carbocycles. The molecule has 0 bridgehead atoms. The molecule has 6 rings (SSSR count). The first-order chi connectivity index (χ1) is 21.8. The summed E-state index contributed by atoms with van der Waals surface area (Å²) in [5.74, 6) is 0.444. The van der Waals surface area contributed by atoms with Crippen LogP contribution in [-0.2, 0) is 12.6 Å². The molecule has 3 aromatic carbocycles. The van der Waals surface area contributed by atoms with E-state index >= 15 is 0 Å². The Hall–Kier alpha value is -4.76. The Balaban J connectivity index is 1.31. The Morgan fingerprint density at radius 3 is 2.00 bits per heavy atom. The normalized spacial score (nSPS) is 18.1. The van der Waals surface area contributed by atoms with Gasteiger partial charge in [0.15, 0.2) is 0 Å². The van der Waals surface area contributed by atoms with Gasteiger partial charge in [-0.15, -0.1) is 0 Å². The molecule has 0 radical (unpaired) electrons. The molecule has 1 aromatic heterocycles. The van der Waals surface area contributed by atoms with Crippen LogP contribution in [0.3, 0.4) is 0 Å². The van der Waals surface area contributed by atoms with E-state index in [1.165, 1.54) is 27.7 Å². The summed E-state index contributed by atoms with van der Waals surface area (Å²) < 4.78 is 28.5. The zero-order valence-corrected chi connectivity index (χ0v) is 26.6. The summed E-state index contributed by atoms with van der Waals surface area (Å²) in [6, 6.07) is 16.3. The number of halogens is 1. The van der Waals surface area contributed by atoms with E-state index in [2.05, 4.69) is 0 Å². The van der Waals surface area contributed by atoms with Gasteiger partial charge < -0.3 is 19.1 Å². The van der Waals surface area contributed by atoms with Gasteiger partial charge in [0.25, 0.3) is 17.4 Å². The molecule has 0 spiro atoms. The number of pyridine rings is 1. The Morgan fingerprint density at radius 2 is 1.41 bits per heavy atom. The van der Waals surface area contributed by atoms with E-state index in [9.17, 15) is 23.9 Å². The van der Waals surface area contributed by atoms with E-state index in [1.54, 1.807) is 77.3 Å². The first-order valence-electron chi connectivity index (χ1n) is 15.5. The van der Waals surface area contributed by atoms with Crippen molar-refractivity contribution in [1.29, 1.82) is 0 Å². The van der Waals surface area contributed by atoms with Gasteiger partial charge in [0, 0.05) is 36.5 Å². The first kappa shape index (κ1) is 31.2. The van der Waals surface area contributed by atoms with Crippen molar-refractivity contribution in [1.82, 2.24) is 9.47 Å². The van der Waals surface area contributed by atoms with E-state index in [-0.39, 0.29) is 35.3 Å². The number of rotatable bonds is 7. The van der Waals surface area contributed by atoms with E-state index in [1.807, 2.05) is 6.07 Å².